The van der Waals surface area contributed by atoms with Crippen LogP contribution in [0.1, 0.15) is 46.5 Å². The Morgan fingerprint density at radius 3 is 2.43 bits per heavy atom. The maximum atomic E-state index is 11.4. The molecule has 0 heterocycles. The Balaban J connectivity index is 3.58. The third-order valence-corrected chi connectivity index (χ3v) is 3.32. The molecule has 0 aliphatic carbocycles. The summed E-state index contributed by atoms with van der Waals surface area (Å²) in [7, 11) is -1.10. The molecule has 0 aliphatic heterocycles. The average Bonchev–Trinajstić information content (AvgIpc) is 2.09. The standard InChI is InChI=1S/C10H20ClNOS/c1-10(2,3)14(13)12-9-7-5-4-6-8-11/h9H,4-8H2,1-3H3/t14-/m0/s1. The Morgan fingerprint density at radius 2 is 1.93 bits per heavy atom. The topological polar surface area (TPSA) is 29.4 Å². The fourth-order valence-electron chi connectivity index (χ4n) is 0.785. The summed E-state index contributed by atoms with van der Waals surface area (Å²) in [6.07, 6.45) is 5.93. The van der Waals surface area contributed by atoms with Gasteiger partial charge in [-0.2, -0.15) is 4.40 Å². The number of alkyl halides is 1. The third kappa shape index (κ3) is 7.51. The van der Waals surface area contributed by atoms with Crippen LogP contribution in [0.5, 0.6) is 0 Å². The fraction of sp³-hybridized carbons (Fsp3) is 0.900. The minimum Gasteiger partial charge on any atom is -0.234 e. The second-order valence-corrected chi connectivity index (χ2v) is 6.50. The molecule has 0 aliphatic rings. The first-order valence-electron chi connectivity index (χ1n) is 4.99. The number of rotatable bonds is 6. The van der Waals surface area contributed by atoms with Crippen LogP contribution in [0.4, 0.5) is 0 Å². The highest BCUT2D eigenvalue weighted by Crippen LogP contribution is 2.11. The van der Waals surface area contributed by atoms with Crippen LogP contribution in [0.15, 0.2) is 4.40 Å². The first kappa shape index (κ1) is 14.1. The second-order valence-electron chi connectivity index (χ2n) is 4.19. The van der Waals surface area contributed by atoms with Crippen molar-refractivity contribution < 1.29 is 4.21 Å². The monoisotopic (exact) mass is 237 g/mol. The molecule has 0 radical (unpaired) electrons. The van der Waals surface area contributed by atoms with Crippen molar-refractivity contribution in [3.63, 3.8) is 0 Å². The Bertz CT molecular complexity index is 199. The molecule has 0 unspecified atom stereocenters. The lowest BCUT2D eigenvalue weighted by Crippen LogP contribution is -2.19. The summed E-state index contributed by atoms with van der Waals surface area (Å²) >= 11 is 5.54. The Morgan fingerprint density at radius 1 is 1.29 bits per heavy atom. The molecule has 1 atom stereocenters. The largest absolute Gasteiger partial charge is 0.234 e. The van der Waals surface area contributed by atoms with Gasteiger partial charge < -0.3 is 0 Å². The summed E-state index contributed by atoms with van der Waals surface area (Å²) in [6, 6.07) is 0. The summed E-state index contributed by atoms with van der Waals surface area (Å²) < 4.78 is 15.2. The van der Waals surface area contributed by atoms with Crippen molar-refractivity contribution in [2.45, 2.75) is 51.2 Å². The van der Waals surface area contributed by atoms with Gasteiger partial charge in [0.2, 0.25) is 0 Å². The van der Waals surface area contributed by atoms with Crippen LogP contribution in [-0.4, -0.2) is 21.1 Å². The van der Waals surface area contributed by atoms with E-state index in [2.05, 4.69) is 4.40 Å². The maximum absolute atomic E-state index is 11.4. The van der Waals surface area contributed by atoms with Crippen LogP contribution < -0.4 is 0 Å². The van der Waals surface area contributed by atoms with Crippen LogP contribution in [-0.2, 0) is 11.0 Å². The van der Waals surface area contributed by atoms with Gasteiger partial charge >= 0.3 is 0 Å². The molecule has 2 nitrogen and oxygen atoms in total. The fourth-order valence-corrected chi connectivity index (χ4v) is 1.53. The van der Waals surface area contributed by atoms with E-state index in [4.69, 9.17) is 11.6 Å². The van der Waals surface area contributed by atoms with Crippen molar-refractivity contribution in [1.82, 2.24) is 0 Å². The van der Waals surface area contributed by atoms with E-state index in [1.165, 1.54) is 0 Å². The Hall–Kier alpha value is 0.110. The van der Waals surface area contributed by atoms with Crippen molar-refractivity contribution in [3.8, 4) is 0 Å². The first-order valence-corrected chi connectivity index (χ1v) is 6.63. The zero-order chi connectivity index (χ0) is 11.0. The predicted octanol–water partition coefficient (Wildman–Crippen LogP) is 3.32. The van der Waals surface area contributed by atoms with E-state index in [1.54, 1.807) is 6.21 Å². The molecule has 0 aromatic rings. The lowest BCUT2D eigenvalue weighted by molar-refractivity contribution is 0.650. The molecule has 4 heteroatoms. The number of halogens is 1. The predicted molar refractivity (Wildman–Crippen MR) is 65.6 cm³/mol. The lowest BCUT2D eigenvalue weighted by Gasteiger charge is -2.12. The molecule has 0 fully saturated rings. The van der Waals surface area contributed by atoms with Crippen LogP contribution in [0.3, 0.4) is 0 Å². The quantitative estimate of drug-likeness (QED) is 0.396. The minimum atomic E-state index is -1.10. The normalized spacial score (nSPS) is 14.9. The first-order chi connectivity index (χ1) is 6.48. The number of nitrogens with zero attached hydrogens (tertiary/aromatic N) is 1. The molecule has 0 spiro atoms. The van der Waals surface area contributed by atoms with E-state index >= 15 is 0 Å². The van der Waals surface area contributed by atoms with Gasteiger partial charge in [-0.25, -0.2) is 4.21 Å². The smallest absolute Gasteiger partial charge is 0.144 e. The number of unbranched alkanes of at least 4 members (excludes halogenated alkanes) is 3. The zero-order valence-corrected chi connectivity index (χ0v) is 10.8. The van der Waals surface area contributed by atoms with Crippen molar-refractivity contribution in [2.24, 2.45) is 4.40 Å². The van der Waals surface area contributed by atoms with Crippen molar-refractivity contribution >= 4 is 28.8 Å². The third-order valence-electron chi connectivity index (χ3n) is 1.66. The average molecular weight is 238 g/mol. The highest BCUT2D eigenvalue weighted by Gasteiger charge is 2.17. The van der Waals surface area contributed by atoms with E-state index in [1.807, 2.05) is 20.8 Å². The van der Waals surface area contributed by atoms with Gasteiger partial charge in [0, 0.05) is 12.1 Å². The van der Waals surface area contributed by atoms with Gasteiger partial charge in [0.1, 0.15) is 11.0 Å². The van der Waals surface area contributed by atoms with Crippen LogP contribution in [0, 0.1) is 0 Å². The molecule has 0 bridgehead atoms. The van der Waals surface area contributed by atoms with Gasteiger partial charge in [-0.3, -0.25) is 0 Å². The van der Waals surface area contributed by atoms with E-state index in [-0.39, 0.29) is 4.75 Å². The number of hydrogen-bond acceptors (Lipinski definition) is 1. The molecule has 0 aromatic carbocycles. The van der Waals surface area contributed by atoms with Gasteiger partial charge in [-0.05, 0) is 40.0 Å². The minimum absolute atomic E-state index is 0.243. The molecule has 0 rings (SSSR count). The van der Waals surface area contributed by atoms with Gasteiger partial charge in [0.05, 0.1) is 4.75 Å². The van der Waals surface area contributed by atoms with E-state index < -0.39 is 11.0 Å². The van der Waals surface area contributed by atoms with E-state index in [9.17, 15) is 4.21 Å². The molecular formula is C10H20ClNOS. The van der Waals surface area contributed by atoms with E-state index in [0.717, 1.165) is 31.6 Å². The molecular weight excluding hydrogens is 218 g/mol. The van der Waals surface area contributed by atoms with Gasteiger partial charge in [-0.15, -0.1) is 11.6 Å². The second kappa shape index (κ2) is 7.41. The van der Waals surface area contributed by atoms with Gasteiger partial charge in [-0.1, -0.05) is 6.42 Å². The summed E-state index contributed by atoms with van der Waals surface area (Å²) in [5.41, 5.74) is 0. The Labute approximate surface area is 94.7 Å². The number of hydrogen-bond donors (Lipinski definition) is 0. The molecule has 84 valence electrons. The molecule has 0 N–H and O–H groups in total. The molecule has 0 aromatic heterocycles. The van der Waals surface area contributed by atoms with Crippen molar-refractivity contribution in [3.05, 3.63) is 0 Å². The Kier molecular flexibility index (Phi) is 7.47. The molecule has 14 heavy (non-hydrogen) atoms. The van der Waals surface area contributed by atoms with Crippen LogP contribution >= 0.6 is 11.6 Å². The maximum Gasteiger partial charge on any atom is 0.144 e. The zero-order valence-electron chi connectivity index (χ0n) is 9.25. The van der Waals surface area contributed by atoms with Gasteiger partial charge in [0.15, 0.2) is 0 Å². The summed E-state index contributed by atoms with van der Waals surface area (Å²) in [4.78, 5) is 0. The highest BCUT2D eigenvalue weighted by molar-refractivity contribution is 7.85. The molecule has 0 saturated carbocycles. The lowest BCUT2D eigenvalue weighted by atomic mass is 10.2. The molecule has 0 amide bonds. The van der Waals surface area contributed by atoms with Crippen molar-refractivity contribution in [1.29, 1.82) is 0 Å². The van der Waals surface area contributed by atoms with Crippen LogP contribution in [0.25, 0.3) is 0 Å². The van der Waals surface area contributed by atoms with Crippen molar-refractivity contribution in [2.75, 3.05) is 5.88 Å². The summed E-state index contributed by atoms with van der Waals surface area (Å²) in [6.45, 7) is 5.77. The summed E-state index contributed by atoms with van der Waals surface area (Å²) in [5.74, 6) is 0.727. The molecule has 0 saturated heterocycles. The SMILES string of the molecule is CC(C)(C)[S@](=O)N=CCCCCCCl. The van der Waals surface area contributed by atoms with Gasteiger partial charge in [0.25, 0.3) is 0 Å². The van der Waals surface area contributed by atoms with Crippen LogP contribution in [0.2, 0.25) is 0 Å². The summed E-state index contributed by atoms with van der Waals surface area (Å²) in [5, 5.41) is 0. The van der Waals surface area contributed by atoms with E-state index in [0.29, 0.717) is 0 Å². The highest BCUT2D eigenvalue weighted by atomic mass is 35.5.